The van der Waals surface area contributed by atoms with Crippen molar-refractivity contribution in [2.24, 2.45) is 5.41 Å². The number of carbonyl (C=O) groups is 1. The molecule has 0 saturated heterocycles. The quantitative estimate of drug-likeness (QED) is 0.725. The van der Waals surface area contributed by atoms with Crippen LogP contribution in [0, 0.1) is 5.41 Å². The lowest BCUT2D eigenvalue weighted by Gasteiger charge is -2.42. The molecule has 0 aliphatic heterocycles. The largest absolute Gasteiger partial charge is 0.377 e. The van der Waals surface area contributed by atoms with Gasteiger partial charge in [0.1, 0.15) is 12.2 Å². The molecule has 0 aromatic heterocycles. The zero-order chi connectivity index (χ0) is 12.2. The molecule has 1 aliphatic rings. The van der Waals surface area contributed by atoms with Gasteiger partial charge in [-0.15, -0.1) is 0 Å². The number of carbonyl (C=O) groups excluding carboxylic acids is 1. The SMILES string of the molecule is CCOC1(C(=O)COC)CCC(C)(C)CC1. The van der Waals surface area contributed by atoms with Crippen molar-refractivity contribution in [3.8, 4) is 0 Å². The van der Waals surface area contributed by atoms with E-state index in [1.807, 2.05) is 6.92 Å². The van der Waals surface area contributed by atoms with E-state index in [0.717, 1.165) is 25.7 Å². The fourth-order valence-corrected chi connectivity index (χ4v) is 2.37. The molecule has 0 radical (unpaired) electrons. The molecule has 1 fully saturated rings. The predicted octanol–water partition coefficient (Wildman–Crippen LogP) is 2.58. The topological polar surface area (TPSA) is 35.5 Å². The van der Waals surface area contributed by atoms with Crippen molar-refractivity contribution >= 4 is 5.78 Å². The Labute approximate surface area is 98.5 Å². The van der Waals surface area contributed by atoms with E-state index in [1.54, 1.807) is 7.11 Å². The summed E-state index contributed by atoms with van der Waals surface area (Å²) in [6, 6.07) is 0. The monoisotopic (exact) mass is 228 g/mol. The maximum absolute atomic E-state index is 12.1. The normalized spacial score (nSPS) is 23.0. The molecule has 0 N–H and O–H groups in total. The van der Waals surface area contributed by atoms with Gasteiger partial charge in [-0.3, -0.25) is 4.79 Å². The van der Waals surface area contributed by atoms with Crippen LogP contribution in [-0.2, 0) is 14.3 Å². The first-order valence-corrected chi connectivity index (χ1v) is 6.12. The molecule has 0 spiro atoms. The summed E-state index contributed by atoms with van der Waals surface area (Å²) < 4.78 is 10.7. The second-order valence-corrected chi connectivity index (χ2v) is 5.45. The van der Waals surface area contributed by atoms with Crippen LogP contribution in [0.3, 0.4) is 0 Å². The van der Waals surface area contributed by atoms with E-state index in [0.29, 0.717) is 12.0 Å². The molecule has 0 amide bonds. The first-order valence-electron chi connectivity index (χ1n) is 6.12. The van der Waals surface area contributed by atoms with Crippen molar-refractivity contribution in [3.05, 3.63) is 0 Å². The molecule has 0 atom stereocenters. The minimum absolute atomic E-state index is 0.104. The highest BCUT2D eigenvalue weighted by molar-refractivity contribution is 5.88. The predicted molar refractivity (Wildman–Crippen MR) is 63.5 cm³/mol. The maximum atomic E-state index is 12.1. The summed E-state index contributed by atoms with van der Waals surface area (Å²) in [7, 11) is 1.56. The molecule has 1 aliphatic carbocycles. The summed E-state index contributed by atoms with van der Waals surface area (Å²) in [5, 5.41) is 0. The van der Waals surface area contributed by atoms with E-state index in [2.05, 4.69) is 13.8 Å². The van der Waals surface area contributed by atoms with Crippen LogP contribution in [0.1, 0.15) is 46.5 Å². The van der Waals surface area contributed by atoms with Gasteiger partial charge in [0.05, 0.1) is 0 Å². The summed E-state index contributed by atoms with van der Waals surface area (Å²) in [5.74, 6) is 0.104. The number of hydrogen-bond donors (Lipinski definition) is 0. The third-order valence-electron chi connectivity index (χ3n) is 3.62. The first kappa shape index (κ1) is 13.7. The van der Waals surface area contributed by atoms with E-state index in [4.69, 9.17) is 9.47 Å². The Kier molecular flexibility index (Phi) is 4.51. The first-order chi connectivity index (χ1) is 7.46. The van der Waals surface area contributed by atoms with Crippen molar-refractivity contribution in [1.82, 2.24) is 0 Å². The lowest BCUT2D eigenvalue weighted by atomic mass is 9.69. The maximum Gasteiger partial charge on any atom is 0.190 e. The van der Waals surface area contributed by atoms with Crippen molar-refractivity contribution in [2.45, 2.75) is 52.1 Å². The highest BCUT2D eigenvalue weighted by Gasteiger charge is 2.44. The van der Waals surface area contributed by atoms with Gasteiger partial charge < -0.3 is 9.47 Å². The molecule has 3 nitrogen and oxygen atoms in total. The number of methoxy groups -OCH3 is 1. The van der Waals surface area contributed by atoms with E-state index < -0.39 is 5.60 Å². The van der Waals surface area contributed by atoms with Crippen LogP contribution < -0.4 is 0 Å². The third kappa shape index (κ3) is 3.05. The molecule has 0 bridgehead atoms. The Balaban J connectivity index is 2.71. The lowest BCUT2D eigenvalue weighted by molar-refractivity contribution is -0.156. The van der Waals surface area contributed by atoms with Crippen LogP contribution >= 0.6 is 0 Å². The Hall–Kier alpha value is -0.410. The fraction of sp³-hybridized carbons (Fsp3) is 0.923. The zero-order valence-electron chi connectivity index (χ0n) is 11.0. The van der Waals surface area contributed by atoms with Crippen LogP contribution in [0.2, 0.25) is 0 Å². The van der Waals surface area contributed by atoms with E-state index in [9.17, 15) is 4.79 Å². The molecule has 0 aromatic rings. The van der Waals surface area contributed by atoms with E-state index in [-0.39, 0.29) is 12.4 Å². The van der Waals surface area contributed by atoms with Crippen LogP contribution in [0.4, 0.5) is 0 Å². The van der Waals surface area contributed by atoms with Gasteiger partial charge in [-0.1, -0.05) is 13.8 Å². The Morgan fingerprint density at radius 3 is 2.19 bits per heavy atom. The molecular weight excluding hydrogens is 204 g/mol. The minimum atomic E-state index is -0.569. The van der Waals surface area contributed by atoms with Gasteiger partial charge in [0.25, 0.3) is 0 Å². The number of rotatable bonds is 5. The van der Waals surface area contributed by atoms with Gasteiger partial charge in [-0.2, -0.15) is 0 Å². The average Bonchev–Trinajstić information content (AvgIpc) is 2.22. The fourth-order valence-electron chi connectivity index (χ4n) is 2.37. The standard InChI is InChI=1S/C13H24O3/c1-5-16-13(11(14)10-15-4)8-6-12(2,3)7-9-13/h5-10H2,1-4H3. The smallest absolute Gasteiger partial charge is 0.190 e. The van der Waals surface area contributed by atoms with Crippen LogP contribution in [0.25, 0.3) is 0 Å². The molecular formula is C13H24O3. The molecule has 0 heterocycles. The molecule has 16 heavy (non-hydrogen) atoms. The molecule has 0 unspecified atom stereocenters. The number of Topliss-reactive ketones (excluding diaryl/α,β-unsaturated/α-hetero) is 1. The number of ether oxygens (including phenoxy) is 2. The average molecular weight is 228 g/mol. The minimum Gasteiger partial charge on any atom is -0.377 e. The Morgan fingerprint density at radius 2 is 1.75 bits per heavy atom. The number of ketones is 1. The van der Waals surface area contributed by atoms with Crippen LogP contribution in [0.5, 0.6) is 0 Å². The van der Waals surface area contributed by atoms with Gasteiger partial charge in [0, 0.05) is 13.7 Å². The van der Waals surface area contributed by atoms with Crippen molar-refractivity contribution < 1.29 is 14.3 Å². The van der Waals surface area contributed by atoms with Crippen molar-refractivity contribution in [3.63, 3.8) is 0 Å². The molecule has 3 heteroatoms. The van der Waals surface area contributed by atoms with Crippen LogP contribution in [-0.4, -0.2) is 31.7 Å². The third-order valence-corrected chi connectivity index (χ3v) is 3.62. The van der Waals surface area contributed by atoms with Gasteiger partial charge in [0.2, 0.25) is 0 Å². The second-order valence-electron chi connectivity index (χ2n) is 5.45. The summed E-state index contributed by atoms with van der Waals surface area (Å²) in [6.07, 6.45) is 3.75. The lowest BCUT2D eigenvalue weighted by Crippen LogP contribution is -2.48. The van der Waals surface area contributed by atoms with Crippen LogP contribution in [0.15, 0.2) is 0 Å². The van der Waals surface area contributed by atoms with Gasteiger partial charge in [-0.05, 0) is 38.0 Å². The van der Waals surface area contributed by atoms with E-state index in [1.165, 1.54) is 0 Å². The molecule has 1 rings (SSSR count). The number of hydrogen-bond acceptors (Lipinski definition) is 3. The second kappa shape index (κ2) is 5.28. The summed E-state index contributed by atoms with van der Waals surface area (Å²) in [6.45, 7) is 7.21. The molecule has 94 valence electrons. The highest BCUT2D eigenvalue weighted by Crippen LogP contribution is 2.42. The molecule has 1 saturated carbocycles. The van der Waals surface area contributed by atoms with Gasteiger partial charge in [-0.25, -0.2) is 0 Å². The van der Waals surface area contributed by atoms with E-state index >= 15 is 0 Å². The van der Waals surface area contributed by atoms with Gasteiger partial charge >= 0.3 is 0 Å². The summed E-state index contributed by atoms with van der Waals surface area (Å²) >= 11 is 0. The van der Waals surface area contributed by atoms with Gasteiger partial charge in [0.15, 0.2) is 5.78 Å². The van der Waals surface area contributed by atoms with Crippen molar-refractivity contribution in [1.29, 1.82) is 0 Å². The Morgan fingerprint density at radius 1 is 1.19 bits per heavy atom. The Bertz CT molecular complexity index is 236. The summed E-state index contributed by atoms with van der Waals surface area (Å²) in [4.78, 5) is 12.1. The zero-order valence-corrected chi connectivity index (χ0v) is 11.0. The summed E-state index contributed by atoms with van der Waals surface area (Å²) in [5.41, 5.74) is -0.228. The highest BCUT2D eigenvalue weighted by atomic mass is 16.5. The van der Waals surface area contributed by atoms with Crippen molar-refractivity contribution in [2.75, 3.05) is 20.3 Å². The molecule has 0 aromatic carbocycles.